The van der Waals surface area contributed by atoms with Gasteiger partial charge in [-0.1, -0.05) is 0 Å². The summed E-state index contributed by atoms with van der Waals surface area (Å²) >= 11 is 0. The number of aromatic amines is 1. The van der Waals surface area contributed by atoms with Crippen LogP contribution in [0.4, 0.5) is 13.2 Å². The minimum absolute atomic E-state index is 0.0106. The Morgan fingerprint density at radius 3 is 2.76 bits per heavy atom. The maximum atomic E-state index is 12.9. The van der Waals surface area contributed by atoms with Gasteiger partial charge >= 0.3 is 6.18 Å². The van der Waals surface area contributed by atoms with E-state index < -0.39 is 21.7 Å². The normalized spacial score (nSPS) is 24.9. The van der Waals surface area contributed by atoms with Crippen LogP contribution in [0.3, 0.4) is 0 Å². The van der Waals surface area contributed by atoms with Gasteiger partial charge in [0.25, 0.3) is 0 Å². The van der Waals surface area contributed by atoms with Crippen LogP contribution in [-0.4, -0.2) is 53.8 Å². The Morgan fingerprint density at radius 2 is 2.07 bits per heavy atom. The smallest absolute Gasteiger partial charge is 0.357 e. The number of carbonyl (C=O) groups is 1. The molecule has 0 aromatic carbocycles. The topological polar surface area (TPSA) is 83.1 Å². The molecule has 2 aliphatic heterocycles. The van der Waals surface area contributed by atoms with Crippen LogP contribution in [0, 0.1) is 5.92 Å². The Labute approximate surface area is 166 Å². The summed E-state index contributed by atoms with van der Waals surface area (Å²) in [5.41, 5.74) is 0.636. The van der Waals surface area contributed by atoms with E-state index in [9.17, 15) is 26.4 Å². The fraction of sp³-hybridized carbons (Fsp3) is 0.579. The summed E-state index contributed by atoms with van der Waals surface area (Å²) in [6.45, 7) is 1.09. The molecule has 0 radical (unpaired) electrons. The number of H-pyrrole nitrogens is 1. The summed E-state index contributed by atoms with van der Waals surface area (Å²) in [5.74, 6) is 0.0423. The van der Waals surface area contributed by atoms with Gasteiger partial charge in [-0.2, -0.15) is 13.2 Å². The van der Waals surface area contributed by atoms with Crippen molar-refractivity contribution in [1.82, 2.24) is 14.9 Å². The zero-order chi connectivity index (χ0) is 20.8. The van der Waals surface area contributed by atoms with E-state index in [-0.39, 0.29) is 41.2 Å². The quantitative estimate of drug-likeness (QED) is 0.813. The van der Waals surface area contributed by atoms with Crippen LogP contribution >= 0.6 is 0 Å². The van der Waals surface area contributed by atoms with Crippen molar-refractivity contribution < 1.29 is 26.4 Å². The van der Waals surface area contributed by atoms with Crippen LogP contribution in [0.1, 0.15) is 43.0 Å². The van der Waals surface area contributed by atoms with Crippen molar-refractivity contribution in [2.45, 2.75) is 37.8 Å². The molecule has 0 unspecified atom stereocenters. The number of rotatable bonds is 3. The first-order valence-corrected chi connectivity index (χ1v) is 11.5. The first-order valence-electron chi connectivity index (χ1n) is 9.66. The highest BCUT2D eigenvalue weighted by molar-refractivity contribution is 7.91. The third-order valence-corrected chi connectivity index (χ3v) is 7.63. The summed E-state index contributed by atoms with van der Waals surface area (Å²) in [6, 6.07) is 3.96. The molecule has 0 spiro atoms. The Kier molecular flexibility index (Phi) is 5.08. The SMILES string of the molecule is O=C(C[C@@H]1CCS(=O)(=O)C1)N1CCC[C@H](c2cc3nc(C(F)(F)F)ccc3[nH]2)C1. The van der Waals surface area contributed by atoms with Gasteiger partial charge in [-0.3, -0.25) is 4.79 Å². The van der Waals surface area contributed by atoms with Gasteiger partial charge in [0.2, 0.25) is 5.91 Å². The Hall–Kier alpha value is -2.10. The fourth-order valence-corrected chi connectivity index (χ4v) is 6.14. The van der Waals surface area contributed by atoms with E-state index in [2.05, 4.69) is 9.97 Å². The van der Waals surface area contributed by atoms with Crippen molar-refractivity contribution >= 4 is 26.8 Å². The molecule has 2 aromatic heterocycles. The van der Waals surface area contributed by atoms with E-state index >= 15 is 0 Å². The number of alkyl halides is 3. The molecule has 2 fully saturated rings. The number of pyridine rings is 1. The number of nitrogens with zero attached hydrogens (tertiary/aromatic N) is 2. The lowest BCUT2D eigenvalue weighted by molar-refractivity contribution is -0.141. The number of fused-ring (bicyclic) bond motifs is 1. The Balaban J connectivity index is 1.46. The van der Waals surface area contributed by atoms with E-state index in [0.717, 1.165) is 24.6 Å². The van der Waals surface area contributed by atoms with Gasteiger partial charge in [0.05, 0.1) is 22.5 Å². The monoisotopic (exact) mass is 429 g/mol. The van der Waals surface area contributed by atoms with E-state index in [1.807, 2.05) is 0 Å². The maximum Gasteiger partial charge on any atom is 0.433 e. The number of aromatic nitrogens is 2. The molecule has 158 valence electrons. The number of carbonyl (C=O) groups excluding carboxylic acids is 1. The highest BCUT2D eigenvalue weighted by atomic mass is 32.2. The van der Waals surface area contributed by atoms with Crippen molar-refractivity contribution in [1.29, 1.82) is 0 Å². The van der Waals surface area contributed by atoms with Crippen LogP contribution in [0.15, 0.2) is 18.2 Å². The van der Waals surface area contributed by atoms with Crippen molar-refractivity contribution in [3.8, 4) is 0 Å². The van der Waals surface area contributed by atoms with Gasteiger partial charge in [-0.25, -0.2) is 13.4 Å². The number of amides is 1. The molecular formula is C19H22F3N3O3S. The highest BCUT2D eigenvalue weighted by Gasteiger charge is 2.34. The summed E-state index contributed by atoms with van der Waals surface area (Å²) in [4.78, 5) is 21.2. The third-order valence-electron chi connectivity index (χ3n) is 5.79. The van der Waals surface area contributed by atoms with Crippen LogP contribution in [0.2, 0.25) is 0 Å². The first-order chi connectivity index (χ1) is 13.6. The number of halogens is 3. The number of sulfone groups is 1. The minimum Gasteiger partial charge on any atom is -0.357 e. The largest absolute Gasteiger partial charge is 0.433 e. The minimum atomic E-state index is -4.49. The summed E-state index contributed by atoms with van der Waals surface area (Å²) in [5, 5.41) is 0. The Bertz CT molecular complexity index is 1030. The molecule has 6 nitrogen and oxygen atoms in total. The van der Waals surface area contributed by atoms with Gasteiger partial charge < -0.3 is 9.88 Å². The van der Waals surface area contributed by atoms with Crippen LogP contribution in [-0.2, 0) is 20.8 Å². The lowest BCUT2D eigenvalue weighted by Gasteiger charge is -2.33. The number of piperidine rings is 1. The molecule has 1 amide bonds. The summed E-state index contributed by atoms with van der Waals surface area (Å²) in [6.07, 6.45) is -2.13. The van der Waals surface area contributed by atoms with E-state index in [0.29, 0.717) is 25.0 Å². The van der Waals surface area contributed by atoms with Crippen molar-refractivity contribution in [2.24, 2.45) is 5.92 Å². The zero-order valence-corrected chi connectivity index (χ0v) is 16.5. The predicted octanol–water partition coefficient (Wildman–Crippen LogP) is 3.11. The second kappa shape index (κ2) is 7.30. The zero-order valence-electron chi connectivity index (χ0n) is 15.7. The van der Waals surface area contributed by atoms with Gasteiger partial charge in [0.15, 0.2) is 9.84 Å². The average Bonchev–Trinajstić information content (AvgIpc) is 3.23. The molecule has 4 rings (SSSR count). The molecule has 0 bridgehead atoms. The number of nitrogens with one attached hydrogen (secondary N) is 1. The molecule has 0 aliphatic carbocycles. The molecule has 10 heteroatoms. The molecule has 2 atom stereocenters. The lowest BCUT2D eigenvalue weighted by atomic mass is 9.94. The van der Waals surface area contributed by atoms with Crippen molar-refractivity contribution in [3.63, 3.8) is 0 Å². The second-order valence-corrected chi connectivity index (χ2v) is 10.2. The number of hydrogen-bond donors (Lipinski definition) is 1. The van der Waals surface area contributed by atoms with Gasteiger partial charge in [-0.05, 0) is 43.4 Å². The van der Waals surface area contributed by atoms with Crippen LogP contribution < -0.4 is 0 Å². The Morgan fingerprint density at radius 1 is 1.28 bits per heavy atom. The molecule has 4 heterocycles. The lowest BCUT2D eigenvalue weighted by Crippen LogP contribution is -2.40. The maximum absolute atomic E-state index is 12.9. The molecule has 2 aliphatic rings. The average molecular weight is 429 g/mol. The fourth-order valence-electron chi connectivity index (χ4n) is 4.27. The molecule has 1 N–H and O–H groups in total. The predicted molar refractivity (Wildman–Crippen MR) is 101 cm³/mol. The number of hydrogen-bond acceptors (Lipinski definition) is 4. The van der Waals surface area contributed by atoms with Gasteiger partial charge in [-0.15, -0.1) is 0 Å². The van der Waals surface area contributed by atoms with Crippen LogP contribution in [0.25, 0.3) is 11.0 Å². The van der Waals surface area contributed by atoms with Crippen molar-refractivity contribution in [3.05, 3.63) is 29.6 Å². The van der Waals surface area contributed by atoms with Gasteiger partial charge in [0, 0.05) is 31.1 Å². The van der Waals surface area contributed by atoms with E-state index in [1.165, 1.54) is 6.07 Å². The van der Waals surface area contributed by atoms with Crippen molar-refractivity contribution in [2.75, 3.05) is 24.6 Å². The molecule has 2 aromatic rings. The molecule has 29 heavy (non-hydrogen) atoms. The van der Waals surface area contributed by atoms with E-state index in [4.69, 9.17) is 0 Å². The van der Waals surface area contributed by atoms with E-state index in [1.54, 1.807) is 11.0 Å². The summed E-state index contributed by atoms with van der Waals surface area (Å²) < 4.78 is 61.8. The number of likely N-dealkylation sites (tertiary alicyclic amines) is 1. The second-order valence-electron chi connectivity index (χ2n) is 8.00. The van der Waals surface area contributed by atoms with Gasteiger partial charge in [0.1, 0.15) is 5.69 Å². The molecule has 0 saturated carbocycles. The highest BCUT2D eigenvalue weighted by Crippen LogP contribution is 2.32. The summed E-state index contributed by atoms with van der Waals surface area (Å²) in [7, 11) is -3.02. The third kappa shape index (κ3) is 4.41. The van der Waals surface area contributed by atoms with Crippen LogP contribution in [0.5, 0.6) is 0 Å². The molecular weight excluding hydrogens is 407 g/mol. The first kappa shape index (κ1) is 20.2. The molecule has 2 saturated heterocycles. The standard InChI is InChI=1S/C19H22F3N3O3S/c20-19(21,22)17-4-3-14-16(24-17)9-15(23-14)13-2-1-6-25(10-13)18(26)8-12-5-7-29(27,28)11-12/h3-4,9,12-13,23H,1-2,5-8,10-11H2/t12-,13-/m0/s1.